The molecule has 3 rings (SSSR count). The number of benzene rings is 2. The number of hydrogen-bond donors (Lipinski definition) is 2. The molecule has 0 bridgehead atoms. The molecule has 0 aliphatic rings. The third-order valence-electron chi connectivity index (χ3n) is 4.34. The maximum Gasteiger partial charge on any atom is 0.262 e. The number of carbonyl (C=O) groups is 1. The lowest BCUT2D eigenvalue weighted by atomic mass is 10.2. The summed E-state index contributed by atoms with van der Waals surface area (Å²) >= 11 is 13.1. The van der Waals surface area contributed by atoms with Crippen molar-refractivity contribution in [1.29, 1.82) is 5.26 Å². The van der Waals surface area contributed by atoms with Gasteiger partial charge in [0.1, 0.15) is 6.07 Å². The van der Waals surface area contributed by atoms with Gasteiger partial charge in [-0.1, -0.05) is 35.0 Å². The second-order valence-corrected chi connectivity index (χ2v) is 9.03. The van der Waals surface area contributed by atoms with Gasteiger partial charge in [-0.05, 0) is 50.2 Å². The normalized spacial score (nSPS) is 12.9. The number of fused-ring (bicyclic) bond motifs is 1. The van der Waals surface area contributed by atoms with Crippen LogP contribution >= 0.6 is 35.0 Å². The molecule has 2 N–H and O–H groups in total. The van der Waals surface area contributed by atoms with Crippen LogP contribution < -0.4 is 10.9 Å². The number of aliphatic hydroxyl groups is 1. The average Bonchev–Trinajstić information content (AvgIpc) is 2.70. The second-order valence-electron chi connectivity index (χ2n) is 6.88. The summed E-state index contributed by atoms with van der Waals surface area (Å²) in [6.07, 6.45) is -0.784. The predicted molar refractivity (Wildman–Crippen MR) is 123 cm³/mol. The van der Waals surface area contributed by atoms with E-state index in [1.54, 1.807) is 38.1 Å². The molecule has 10 heteroatoms. The van der Waals surface area contributed by atoms with Crippen LogP contribution in [-0.4, -0.2) is 31.9 Å². The molecular formula is C21H18Cl2N4O3S. The number of halogens is 2. The SMILES string of the molecule is C[C@H](O)Cn1c(S[C@@H](C)C(=O)Nc2ccc(C#N)c(Cl)c2)nc2cc(Cl)ccc2c1=O. The van der Waals surface area contributed by atoms with Crippen molar-refractivity contribution in [3.05, 3.63) is 62.4 Å². The molecule has 2 aromatic carbocycles. The number of nitrogens with zero attached hydrogens (tertiary/aromatic N) is 3. The minimum Gasteiger partial charge on any atom is -0.392 e. The minimum atomic E-state index is -0.784. The molecule has 0 aliphatic heterocycles. The monoisotopic (exact) mass is 476 g/mol. The quantitative estimate of drug-likeness (QED) is 0.409. The maximum atomic E-state index is 13.0. The highest BCUT2D eigenvalue weighted by molar-refractivity contribution is 8.00. The molecule has 0 saturated carbocycles. The Morgan fingerprint density at radius 1 is 1.29 bits per heavy atom. The van der Waals surface area contributed by atoms with E-state index in [2.05, 4.69) is 10.3 Å². The van der Waals surface area contributed by atoms with E-state index in [0.717, 1.165) is 11.8 Å². The summed E-state index contributed by atoms with van der Waals surface area (Å²) in [5.41, 5.74) is 0.842. The van der Waals surface area contributed by atoms with Crippen molar-refractivity contribution < 1.29 is 9.90 Å². The Bertz CT molecular complexity index is 1250. The molecule has 0 radical (unpaired) electrons. The first kappa shape index (κ1) is 23.1. The predicted octanol–water partition coefficient (Wildman–Crippen LogP) is 4.08. The summed E-state index contributed by atoms with van der Waals surface area (Å²) in [4.78, 5) is 30.2. The fourth-order valence-corrected chi connectivity index (χ4v) is 4.14. The number of carbonyl (C=O) groups excluding carboxylic acids is 1. The molecule has 2 atom stereocenters. The Kier molecular flexibility index (Phi) is 7.23. The van der Waals surface area contributed by atoms with Crippen LogP contribution in [0.4, 0.5) is 5.69 Å². The topological polar surface area (TPSA) is 108 Å². The van der Waals surface area contributed by atoms with Crippen LogP contribution in [0, 0.1) is 11.3 Å². The minimum absolute atomic E-state index is 0.0340. The van der Waals surface area contributed by atoms with Crippen molar-refractivity contribution in [3.63, 3.8) is 0 Å². The number of nitrogens with one attached hydrogen (secondary N) is 1. The summed E-state index contributed by atoms with van der Waals surface area (Å²) in [5.74, 6) is -0.338. The standard InChI is InChI=1S/C21H18Cl2N4O3S/c1-11(28)10-27-20(30)16-6-4-14(22)7-18(16)26-21(27)31-12(2)19(29)25-15-5-3-13(9-24)17(23)8-15/h3-8,11-12,28H,10H2,1-2H3,(H,25,29)/t11-,12-/m0/s1. The van der Waals surface area contributed by atoms with Crippen molar-refractivity contribution in [2.45, 2.75) is 36.9 Å². The Morgan fingerprint density at radius 3 is 2.68 bits per heavy atom. The van der Waals surface area contributed by atoms with Gasteiger partial charge in [0.2, 0.25) is 5.91 Å². The summed E-state index contributed by atoms with van der Waals surface area (Å²) in [6, 6.07) is 11.3. The van der Waals surface area contributed by atoms with Crippen molar-refractivity contribution in [3.8, 4) is 6.07 Å². The fraction of sp³-hybridized carbons (Fsp3) is 0.238. The van der Waals surface area contributed by atoms with E-state index in [1.807, 2.05) is 6.07 Å². The zero-order valence-electron chi connectivity index (χ0n) is 16.6. The third-order valence-corrected chi connectivity index (χ3v) is 5.98. The smallest absolute Gasteiger partial charge is 0.262 e. The van der Waals surface area contributed by atoms with Crippen LogP contribution in [0.3, 0.4) is 0 Å². The molecule has 160 valence electrons. The Morgan fingerprint density at radius 2 is 2.03 bits per heavy atom. The van der Waals surface area contributed by atoms with E-state index < -0.39 is 11.4 Å². The number of aromatic nitrogens is 2. The number of nitriles is 1. The highest BCUT2D eigenvalue weighted by atomic mass is 35.5. The molecule has 0 saturated heterocycles. The molecule has 0 aliphatic carbocycles. The van der Waals surface area contributed by atoms with Gasteiger partial charge in [0.05, 0.1) is 39.4 Å². The zero-order valence-corrected chi connectivity index (χ0v) is 18.9. The van der Waals surface area contributed by atoms with Gasteiger partial charge in [-0.3, -0.25) is 14.2 Å². The molecule has 0 spiro atoms. The lowest BCUT2D eigenvalue weighted by Gasteiger charge is -2.17. The molecule has 1 aromatic heterocycles. The largest absolute Gasteiger partial charge is 0.392 e. The maximum absolute atomic E-state index is 13.0. The number of aliphatic hydroxyl groups excluding tert-OH is 1. The first-order chi connectivity index (χ1) is 14.7. The van der Waals surface area contributed by atoms with Crippen molar-refractivity contribution in [2.24, 2.45) is 0 Å². The average molecular weight is 477 g/mol. The highest BCUT2D eigenvalue weighted by Crippen LogP contribution is 2.26. The van der Waals surface area contributed by atoms with E-state index in [4.69, 9.17) is 28.5 Å². The van der Waals surface area contributed by atoms with Crippen LogP contribution in [0.1, 0.15) is 19.4 Å². The van der Waals surface area contributed by atoms with E-state index in [-0.39, 0.29) is 23.0 Å². The second kappa shape index (κ2) is 9.71. The van der Waals surface area contributed by atoms with E-state index in [9.17, 15) is 14.7 Å². The fourth-order valence-electron chi connectivity index (χ4n) is 2.83. The highest BCUT2D eigenvalue weighted by Gasteiger charge is 2.21. The number of amides is 1. The van der Waals surface area contributed by atoms with Crippen LogP contribution in [0.5, 0.6) is 0 Å². The Balaban J connectivity index is 1.90. The number of hydrogen-bond acceptors (Lipinski definition) is 6. The molecule has 3 aromatic rings. The molecule has 0 fully saturated rings. The lowest BCUT2D eigenvalue weighted by molar-refractivity contribution is -0.115. The Labute approximate surface area is 192 Å². The van der Waals surface area contributed by atoms with Crippen LogP contribution in [0.2, 0.25) is 10.0 Å². The van der Waals surface area contributed by atoms with Crippen LogP contribution in [-0.2, 0) is 11.3 Å². The van der Waals surface area contributed by atoms with Gasteiger partial charge >= 0.3 is 0 Å². The summed E-state index contributed by atoms with van der Waals surface area (Å²) in [6.45, 7) is 3.27. The van der Waals surface area contributed by atoms with Crippen molar-refractivity contribution in [1.82, 2.24) is 9.55 Å². The van der Waals surface area contributed by atoms with E-state index >= 15 is 0 Å². The number of rotatable bonds is 6. The van der Waals surface area contributed by atoms with Gasteiger partial charge in [-0.15, -0.1) is 0 Å². The van der Waals surface area contributed by atoms with E-state index in [0.29, 0.717) is 32.3 Å². The van der Waals surface area contributed by atoms with Gasteiger partial charge < -0.3 is 10.4 Å². The van der Waals surface area contributed by atoms with Gasteiger partial charge in [0.25, 0.3) is 5.56 Å². The van der Waals surface area contributed by atoms with Gasteiger partial charge in [0, 0.05) is 10.7 Å². The van der Waals surface area contributed by atoms with Crippen LogP contribution in [0.15, 0.2) is 46.3 Å². The molecular weight excluding hydrogens is 459 g/mol. The molecule has 1 amide bonds. The van der Waals surface area contributed by atoms with Crippen molar-refractivity contribution in [2.75, 3.05) is 5.32 Å². The number of thioether (sulfide) groups is 1. The zero-order chi connectivity index (χ0) is 22.7. The molecule has 1 heterocycles. The van der Waals surface area contributed by atoms with Gasteiger partial charge in [-0.25, -0.2) is 4.98 Å². The Hall–Kier alpha value is -2.57. The summed E-state index contributed by atoms with van der Waals surface area (Å²) in [7, 11) is 0. The molecule has 7 nitrogen and oxygen atoms in total. The van der Waals surface area contributed by atoms with Crippen molar-refractivity contribution >= 4 is 57.5 Å². The summed E-state index contributed by atoms with van der Waals surface area (Å²) in [5, 5.41) is 22.3. The van der Waals surface area contributed by atoms with Gasteiger partial charge in [-0.2, -0.15) is 5.26 Å². The lowest BCUT2D eigenvalue weighted by Crippen LogP contribution is -2.29. The molecule has 31 heavy (non-hydrogen) atoms. The van der Waals surface area contributed by atoms with Gasteiger partial charge in [0.15, 0.2) is 5.16 Å². The number of anilines is 1. The summed E-state index contributed by atoms with van der Waals surface area (Å²) < 4.78 is 1.36. The molecule has 0 unspecified atom stereocenters. The first-order valence-electron chi connectivity index (χ1n) is 9.25. The third kappa shape index (κ3) is 5.38. The van der Waals surface area contributed by atoms with E-state index in [1.165, 1.54) is 16.7 Å². The van der Waals surface area contributed by atoms with Crippen LogP contribution in [0.25, 0.3) is 10.9 Å². The first-order valence-corrected chi connectivity index (χ1v) is 10.9.